The van der Waals surface area contributed by atoms with Gasteiger partial charge in [0.1, 0.15) is 11.5 Å². The van der Waals surface area contributed by atoms with Crippen molar-refractivity contribution >= 4 is 50.4 Å². The largest absolute Gasteiger partial charge is 0.440 e. The van der Waals surface area contributed by atoms with Crippen LogP contribution in [0.25, 0.3) is 78.0 Å². The van der Waals surface area contributed by atoms with E-state index in [9.17, 15) is 0 Å². The predicted molar refractivity (Wildman–Crippen MR) is 212 cm³/mol. The molecule has 3 nitrogen and oxygen atoms in total. The average molecular weight is 671 g/mol. The van der Waals surface area contributed by atoms with Gasteiger partial charge in [0.05, 0.1) is 17.0 Å². The minimum absolute atomic E-state index is 0.207. The summed E-state index contributed by atoms with van der Waals surface area (Å²) in [5.41, 5.74) is 11.6. The molecule has 11 rings (SSSR count). The van der Waals surface area contributed by atoms with Crippen molar-refractivity contribution in [3.05, 3.63) is 181 Å². The Balaban J connectivity index is 0.993. The van der Waals surface area contributed by atoms with Gasteiger partial charge in [-0.05, 0) is 93.2 Å². The fraction of sp³-hybridized carbons (Fsp3) is 0.0426. The van der Waals surface area contributed by atoms with Crippen LogP contribution in [0.1, 0.15) is 22.9 Å². The van der Waals surface area contributed by atoms with Gasteiger partial charge in [-0.15, -0.1) is 11.8 Å². The molecule has 2 unspecified atom stereocenters. The standard InChI is InChI=1S/C47H30N2OS/c1-2-8-29(9-3-1)30-18-22-35(23-19-30)49-40-25-21-34(28-38(40)44-36-11-5-4-10-32(36)20-26-41(44)49)31-14-16-33(17-15-31)47-48-39-24-27-43-45(46(39)50-47)37-12-6-7-13-42(37)51-43/h1-28,43,45H. The van der Waals surface area contributed by atoms with Crippen molar-refractivity contribution in [2.75, 3.05) is 0 Å². The molecular formula is C47H30N2OS. The van der Waals surface area contributed by atoms with Gasteiger partial charge in [-0.3, -0.25) is 0 Å². The molecule has 7 aromatic carbocycles. The van der Waals surface area contributed by atoms with Crippen LogP contribution in [0.15, 0.2) is 173 Å². The molecule has 3 heterocycles. The number of benzene rings is 7. The van der Waals surface area contributed by atoms with E-state index in [0.717, 1.165) is 28.3 Å². The summed E-state index contributed by atoms with van der Waals surface area (Å²) in [5.74, 6) is 1.86. The van der Waals surface area contributed by atoms with Crippen LogP contribution in [0.5, 0.6) is 0 Å². The molecule has 2 aromatic heterocycles. The van der Waals surface area contributed by atoms with E-state index in [1.165, 1.54) is 59.7 Å². The van der Waals surface area contributed by atoms with Crippen molar-refractivity contribution in [3.8, 4) is 39.4 Å². The highest BCUT2D eigenvalue weighted by Gasteiger charge is 2.39. The number of fused-ring (bicyclic) bond motifs is 10. The Morgan fingerprint density at radius 3 is 2.14 bits per heavy atom. The second kappa shape index (κ2) is 11.2. The van der Waals surface area contributed by atoms with Crippen LogP contribution in [-0.2, 0) is 0 Å². The third-order valence-electron chi connectivity index (χ3n) is 10.6. The molecule has 0 saturated carbocycles. The van der Waals surface area contributed by atoms with Gasteiger partial charge < -0.3 is 8.98 Å². The molecule has 4 heteroatoms. The number of thioether (sulfide) groups is 1. The fourth-order valence-electron chi connectivity index (χ4n) is 8.16. The first-order valence-corrected chi connectivity index (χ1v) is 18.3. The SMILES string of the molecule is C1=CC2Sc3ccccc3C2c2oc(-c3ccc(-c4ccc5c(c4)c4c6ccccc6ccc4n5-c4ccc(-c5ccccc5)cc4)cc3)nc21. The summed E-state index contributed by atoms with van der Waals surface area (Å²) in [4.78, 5) is 6.28. The lowest BCUT2D eigenvalue weighted by Crippen LogP contribution is -2.12. The Hall–Kier alpha value is -6.10. The van der Waals surface area contributed by atoms with Gasteiger partial charge in [0.15, 0.2) is 0 Å². The van der Waals surface area contributed by atoms with Crippen LogP contribution in [0, 0.1) is 0 Å². The van der Waals surface area contributed by atoms with Crippen LogP contribution in [0.3, 0.4) is 0 Å². The summed E-state index contributed by atoms with van der Waals surface area (Å²) in [7, 11) is 0. The maximum Gasteiger partial charge on any atom is 0.226 e. The molecule has 0 fully saturated rings. The normalized spacial score (nSPS) is 16.1. The minimum atomic E-state index is 0.207. The van der Waals surface area contributed by atoms with Crippen LogP contribution >= 0.6 is 11.8 Å². The number of aromatic nitrogens is 2. The Morgan fingerprint density at radius 1 is 0.569 bits per heavy atom. The molecule has 9 aromatic rings. The summed E-state index contributed by atoms with van der Waals surface area (Å²) in [5, 5.41) is 5.38. The van der Waals surface area contributed by atoms with E-state index in [1.54, 1.807) is 0 Å². The van der Waals surface area contributed by atoms with E-state index < -0.39 is 0 Å². The van der Waals surface area contributed by atoms with Gasteiger partial charge in [0.2, 0.25) is 5.89 Å². The zero-order valence-electron chi connectivity index (χ0n) is 27.5. The van der Waals surface area contributed by atoms with Crippen molar-refractivity contribution in [1.82, 2.24) is 9.55 Å². The van der Waals surface area contributed by atoms with E-state index >= 15 is 0 Å². The second-order valence-electron chi connectivity index (χ2n) is 13.5. The summed E-state index contributed by atoms with van der Waals surface area (Å²) in [6, 6.07) is 56.9. The molecular weight excluding hydrogens is 641 g/mol. The molecule has 2 aliphatic rings. The van der Waals surface area contributed by atoms with Gasteiger partial charge >= 0.3 is 0 Å². The second-order valence-corrected chi connectivity index (χ2v) is 14.7. The van der Waals surface area contributed by atoms with Crippen molar-refractivity contribution in [2.24, 2.45) is 0 Å². The molecule has 51 heavy (non-hydrogen) atoms. The van der Waals surface area contributed by atoms with Gasteiger partial charge in [-0.2, -0.15) is 0 Å². The number of nitrogens with zero attached hydrogens (tertiary/aromatic N) is 2. The Labute approximate surface area is 299 Å². The fourth-order valence-corrected chi connectivity index (χ4v) is 9.50. The van der Waals surface area contributed by atoms with Crippen molar-refractivity contribution in [2.45, 2.75) is 16.1 Å². The average Bonchev–Trinajstić information content (AvgIpc) is 3.90. The summed E-state index contributed by atoms with van der Waals surface area (Å²) >= 11 is 1.91. The van der Waals surface area contributed by atoms with Gasteiger partial charge in [0, 0.05) is 32.2 Å². The van der Waals surface area contributed by atoms with Crippen LogP contribution < -0.4 is 0 Å². The molecule has 2 atom stereocenters. The monoisotopic (exact) mass is 670 g/mol. The summed E-state index contributed by atoms with van der Waals surface area (Å²) < 4.78 is 8.96. The first kappa shape index (κ1) is 28.7. The molecule has 1 aliphatic carbocycles. The number of hydrogen-bond donors (Lipinski definition) is 0. The van der Waals surface area contributed by atoms with E-state index in [4.69, 9.17) is 9.40 Å². The van der Waals surface area contributed by atoms with Crippen LogP contribution in [0.4, 0.5) is 0 Å². The van der Waals surface area contributed by atoms with Crippen molar-refractivity contribution in [3.63, 3.8) is 0 Å². The van der Waals surface area contributed by atoms with E-state index in [2.05, 4.69) is 174 Å². The first-order chi connectivity index (χ1) is 25.3. The highest BCUT2D eigenvalue weighted by atomic mass is 32.2. The smallest absolute Gasteiger partial charge is 0.226 e. The van der Waals surface area contributed by atoms with E-state index in [-0.39, 0.29) is 5.92 Å². The molecule has 1 aliphatic heterocycles. The molecule has 0 N–H and O–H groups in total. The first-order valence-electron chi connectivity index (χ1n) is 17.4. The molecule has 240 valence electrons. The maximum atomic E-state index is 6.55. The van der Waals surface area contributed by atoms with Crippen LogP contribution in [-0.4, -0.2) is 14.8 Å². The minimum Gasteiger partial charge on any atom is -0.440 e. The third-order valence-corrected chi connectivity index (χ3v) is 11.9. The quantitative estimate of drug-likeness (QED) is 0.187. The summed E-state index contributed by atoms with van der Waals surface area (Å²) in [6.07, 6.45) is 4.41. The Kier molecular flexibility index (Phi) is 6.31. The predicted octanol–water partition coefficient (Wildman–Crippen LogP) is 12.6. The molecule has 0 spiro atoms. The Morgan fingerprint density at radius 2 is 1.25 bits per heavy atom. The zero-order chi connectivity index (χ0) is 33.5. The lowest BCUT2D eigenvalue weighted by atomic mass is 9.89. The Bertz CT molecular complexity index is 2830. The zero-order valence-corrected chi connectivity index (χ0v) is 28.3. The highest BCUT2D eigenvalue weighted by Crippen LogP contribution is 2.52. The molecule has 0 saturated heterocycles. The number of oxazole rings is 1. The summed E-state index contributed by atoms with van der Waals surface area (Å²) in [6.45, 7) is 0. The van der Waals surface area contributed by atoms with E-state index in [0.29, 0.717) is 11.1 Å². The molecule has 0 radical (unpaired) electrons. The molecule has 0 bridgehead atoms. The molecule has 0 amide bonds. The van der Waals surface area contributed by atoms with Crippen molar-refractivity contribution in [1.29, 1.82) is 0 Å². The maximum absolute atomic E-state index is 6.55. The lowest BCUT2D eigenvalue weighted by molar-refractivity contribution is 0.495. The van der Waals surface area contributed by atoms with Gasteiger partial charge in [-0.25, -0.2) is 4.98 Å². The van der Waals surface area contributed by atoms with Crippen molar-refractivity contribution < 1.29 is 4.42 Å². The van der Waals surface area contributed by atoms with Crippen LogP contribution in [0.2, 0.25) is 0 Å². The van der Waals surface area contributed by atoms with Gasteiger partial charge in [-0.1, -0.05) is 115 Å². The number of hydrogen-bond acceptors (Lipinski definition) is 3. The highest BCUT2D eigenvalue weighted by molar-refractivity contribution is 8.00. The van der Waals surface area contributed by atoms with Gasteiger partial charge in [0.25, 0.3) is 0 Å². The lowest BCUT2D eigenvalue weighted by Gasteiger charge is -2.18. The number of rotatable bonds is 4. The third kappa shape index (κ3) is 4.50. The van der Waals surface area contributed by atoms with E-state index in [1.807, 2.05) is 11.8 Å². The topological polar surface area (TPSA) is 31.0 Å².